The van der Waals surface area contributed by atoms with Crippen LogP contribution in [0.2, 0.25) is 0 Å². The summed E-state index contributed by atoms with van der Waals surface area (Å²) in [6.07, 6.45) is 0. The van der Waals surface area contributed by atoms with Gasteiger partial charge in [0.15, 0.2) is 0 Å². The molecule has 0 aliphatic heterocycles. The molecule has 9 rings (SSSR count). The van der Waals surface area contributed by atoms with E-state index in [9.17, 15) is 0 Å². The van der Waals surface area contributed by atoms with Crippen LogP contribution in [0.5, 0.6) is 0 Å². The molecule has 2 heteroatoms. The molecule has 0 spiro atoms. The molecule has 0 fully saturated rings. The second kappa shape index (κ2) is 14.8. The second-order valence-corrected chi connectivity index (χ2v) is 13.5. The van der Waals surface area contributed by atoms with Crippen LogP contribution in [0.15, 0.2) is 231 Å². The van der Waals surface area contributed by atoms with Gasteiger partial charge in [-0.3, -0.25) is 0 Å². The van der Waals surface area contributed by atoms with Gasteiger partial charge < -0.3 is 9.80 Å². The van der Waals surface area contributed by atoms with E-state index in [2.05, 4.69) is 240 Å². The van der Waals surface area contributed by atoms with E-state index in [1.807, 2.05) is 0 Å². The van der Waals surface area contributed by atoms with Crippen molar-refractivity contribution < 1.29 is 0 Å². The van der Waals surface area contributed by atoms with Crippen molar-refractivity contribution in [2.24, 2.45) is 0 Å². The molecule has 0 aliphatic rings. The van der Waals surface area contributed by atoms with Crippen LogP contribution in [0.25, 0.3) is 44.2 Å². The van der Waals surface area contributed by atoms with Gasteiger partial charge in [0.1, 0.15) is 0 Å². The number of hydrogen-bond donors (Lipinski definition) is 0. The zero-order chi connectivity index (χ0) is 36.1. The molecule has 2 nitrogen and oxygen atoms in total. The number of nitrogens with zero attached hydrogens (tertiary/aromatic N) is 2. The molecular weight excluding hydrogens is 653 g/mol. The number of fused-ring (bicyclic) bond motifs is 1. The van der Waals surface area contributed by atoms with Crippen molar-refractivity contribution in [3.63, 3.8) is 0 Å². The fourth-order valence-corrected chi connectivity index (χ4v) is 7.32. The van der Waals surface area contributed by atoms with Crippen molar-refractivity contribution in [1.29, 1.82) is 0 Å². The van der Waals surface area contributed by atoms with Crippen molar-refractivity contribution in [2.45, 2.75) is 0 Å². The molecule has 9 aromatic rings. The predicted molar refractivity (Wildman–Crippen MR) is 230 cm³/mol. The molecule has 0 bridgehead atoms. The quantitative estimate of drug-likeness (QED) is 0.149. The average Bonchev–Trinajstić information content (AvgIpc) is 3.25. The van der Waals surface area contributed by atoms with Gasteiger partial charge in [0.25, 0.3) is 0 Å². The summed E-state index contributed by atoms with van der Waals surface area (Å²) >= 11 is 0. The molecular formula is C52H38N2. The maximum Gasteiger partial charge on any atom is 0.0473 e. The molecule has 0 saturated carbocycles. The van der Waals surface area contributed by atoms with Gasteiger partial charge in [0.2, 0.25) is 0 Å². The number of hydrogen-bond acceptors (Lipinski definition) is 2. The first kappa shape index (κ1) is 32.7. The van der Waals surface area contributed by atoms with Crippen molar-refractivity contribution in [3.05, 3.63) is 231 Å². The fraction of sp³-hybridized carbons (Fsp3) is 0. The molecule has 0 amide bonds. The highest BCUT2D eigenvalue weighted by Gasteiger charge is 2.17. The van der Waals surface area contributed by atoms with Gasteiger partial charge in [-0.05, 0) is 129 Å². The van der Waals surface area contributed by atoms with E-state index in [1.54, 1.807) is 0 Å². The van der Waals surface area contributed by atoms with E-state index in [4.69, 9.17) is 0 Å². The largest absolute Gasteiger partial charge is 0.311 e. The first-order chi connectivity index (χ1) is 26.8. The maximum atomic E-state index is 2.38. The minimum absolute atomic E-state index is 1.10. The topological polar surface area (TPSA) is 6.48 Å². The Morgan fingerprint density at radius 2 is 0.556 bits per heavy atom. The Kier molecular flexibility index (Phi) is 8.99. The van der Waals surface area contributed by atoms with E-state index in [1.165, 1.54) is 44.2 Å². The lowest BCUT2D eigenvalue weighted by molar-refractivity contribution is 1.28. The van der Waals surface area contributed by atoms with E-state index in [0.717, 1.165) is 34.1 Å². The normalized spacial score (nSPS) is 11.0. The van der Waals surface area contributed by atoms with Crippen molar-refractivity contribution in [2.75, 3.05) is 9.80 Å². The highest BCUT2D eigenvalue weighted by molar-refractivity contribution is 5.93. The molecule has 54 heavy (non-hydrogen) atoms. The smallest absolute Gasteiger partial charge is 0.0473 e. The average molecular weight is 691 g/mol. The minimum atomic E-state index is 1.10. The van der Waals surface area contributed by atoms with Gasteiger partial charge in [0, 0.05) is 34.1 Å². The highest BCUT2D eigenvalue weighted by Crippen LogP contribution is 2.41. The third-order valence-electron chi connectivity index (χ3n) is 9.97. The van der Waals surface area contributed by atoms with Gasteiger partial charge >= 0.3 is 0 Å². The summed E-state index contributed by atoms with van der Waals surface area (Å²) in [7, 11) is 0. The molecule has 256 valence electrons. The minimum Gasteiger partial charge on any atom is -0.311 e. The van der Waals surface area contributed by atoms with Crippen LogP contribution in [0.3, 0.4) is 0 Å². The summed E-state index contributed by atoms with van der Waals surface area (Å²) in [6.45, 7) is 0. The Bertz CT molecular complexity index is 2520. The summed E-state index contributed by atoms with van der Waals surface area (Å²) < 4.78 is 0. The molecule has 0 aliphatic carbocycles. The van der Waals surface area contributed by atoms with Gasteiger partial charge in [-0.25, -0.2) is 0 Å². The monoisotopic (exact) mass is 690 g/mol. The Balaban J connectivity index is 1.12. The van der Waals surface area contributed by atoms with Gasteiger partial charge in [-0.2, -0.15) is 0 Å². The Labute approximate surface area is 317 Å². The van der Waals surface area contributed by atoms with Crippen LogP contribution in [0.4, 0.5) is 34.1 Å². The van der Waals surface area contributed by atoms with Gasteiger partial charge in [0.05, 0.1) is 0 Å². The van der Waals surface area contributed by atoms with E-state index >= 15 is 0 Å². The van der Waals surface area contributed by atoms with Crippen LogP contribution < -0.4 is 9.80 Å². The molecule has 0 aromatic heterocycles. The molecule has 0 unspecified atom stereocenters. The lowest BCUT2D eigenvalue weighted by atomic mass is 9.97. The van der Waals surface area contributed by atoms with E-state index in [-0.39, 0.29) is 0 Å². The maximum absolute atomic E-state index is 2.38. The first-order valence-electron chi connectivity index (χ1n) is 18.4. The van der Waals surface area contributed by atoms with Crippen LogP contribution in [0, 0.1) is 0 Å². The summed E-state index contributed by atoms with van der Waals surface area (Å²) in [5.74, 6) is 0. The summed E-state index contributed by atoms with van der Waals surface area (Å²) in [5.41, 5.74) is 13.8. The SMILES string of the molecule is c1ccc(-c2cc(-c3ccccc3)cc(N(c3ccccc3)c3ccc4ccc(-c5ccc(N(c6ccccc6)c6ccccc6)cc5)cc4c3)c2)cc1. The Hall–Kier alpha value is -7.16. The summed E-state index contributed by atoms with van der Waals surface area (Å²) in [4.78, 5) is 4.67. The Morgan fingerprint density at radius 3 is 1.06 bits per heavy atom. The standard InChI is InChI=1S/C52H38N2/c1-6-16-39(17-7-1)45-35-46(40-18-8-2-9-19-40)38-52(37-45)54(49-24-14-5-15-25-49)51-33-30-42-26-27-43(34-44(42)36-51)41-28-31-50(32-29-41)53(47-20-10-3-11-21-47)48-22-12-4-13-23-48/h1-38H. The fourth-order valence-electron chi connectivity index (χ4n) is 7.32. The third kappa shape index (κ3) is 6.77. The highest BCUT2D eigenvalue weighted by atomic mass is 15.1. The number of para-hydroxylation sites is 3. The van der Waals surface area contributed by atoms with Crippen LogP contribution in [0.1, 0.15) is 0 Å². The zero-order valence-corrected chi connectivity index (χ0v) is 29.8. The van der Waals surface area contributed by atoms with Crippen molar-refractivity contribution >= 4 is 44.9 Å². The molecule has 0 N–H and O–H groups in total. The summed E-state index contributed by atoms with van der Waals surface area (Å²) in [6, 6.07) is 82.5. The number of rotatable bonds is 9. The van der Waals surface area contributed by atoms with Crippen molar-refractivity contribution in [3.8, 4) is 33.4 Å². The van der Waals surface area contributed by atoms with E-state index < -0.39 is 0 Å². The lowest BCUT2D eigenvalue weighted by Crippen LogP contribution is -2.10. The zero-order valence-electron chi connectivity index (χ0n) is 29.8. The Morgan fingerprint density at radius 1 is 0.185 bits per heavy atom. The van der Waals surface area contributed by atoms with Crippen LogP contribution in [-0.2, 0) is 0 Å². The van der Waals surface area contributed by atoms with Crippen molar-refractivity contribution in [1.82, 2.24) is 0 Å². The van der Waals surface area contributed by atoms with Gasteiger partial charge in [-0.15, -0.1) is 0 Å². The lowest BCUT2D eigenvalue weighted by Gasteiger charge is -2.27. The molecule has 0 atom stereocenters. The molecule has 0 heterocycles. The molecule has 0 radical (unpaired) electrons. The molecule has 0 saturated heterocycles. The number of benzene rings is 9. The van der Waals surface area contributed by atoms with Crippen LogP contribution >= 0.6 is 0 Å². The molecule has 9 aromatic carbocycles. The predicted octanol–water partition coefficient (Wildman–Crippen LogP) is 14.8. The third-order valence-corrected chi connectivity index (χ3v) is 9.97. The summed E-state index contributed by atoms with van der Waals surface area (Å²) in [5, 5.41) is 2.39. The van der Waals surface area contributed by atoms with E-state index in [0.29, 0.717) is 0 Å². The van der Waals surface area contributed by atoms with Gasteiger partial charge in [-0.1, -0.05) is 146 Å². The first-order valence-corrected chi connectivity index (χ1v) is 18.4. The van der Waals surface area contributed by atoms with Crippen LogP contribution in [-0.4, -0.2) is 0 Å². The second-order valence-electron chi connectivity index (χ2n) is 13.5. The number of anilines is 6.